The number of hydrogen-bond acceptors (Lipinski definition) is 0. The molecule has 0 saturated carbocycles. The third-order valence-electron chi connectivity index (χ3n) is 0.0472. The van der Waals surface area contributed by atoms with E-state index in [0.717, 1.165) is 0 Å². The Morgan fingerprint density at radius 1 is 1.80 bits per heavy atom. The predicted octanol–water partition coefficient (Wildman–Crippen LogP) is -2.37. The zero-order valence-electron chi connectivity index (χ0n) is 2.88. The maximum atomic E-state index is 5.05. The molecule has 0 aliphatic heterocycles. The van der Waals surface area contributed by atoms with Crippen molar-refractivity contribution < 1.29 is 18.9 Å². The fourth-order valence-electron chi connectivity index (χ4n) is 0. The van der Waals surface area contributed by atoms with Crippen LogP contribution in [0.5, 0.6) is 0 Å². The van der Waals surface area contributed by atoms with Gasteiger partial charge >= 0.3 is 18.9 Å². The van der Waals surface area contributed by atoms with Gasteiger partial charge in [0.05, 0.1) is 0 Å². The Morgan fingerprint density at radius 2 is 2.00 bits per heavy atom. The monoisotopic (exact) mass is 114 g/mol. The van der Waals surface area contributed by atoms with E-state index in [0.29, 0.717) is 0 Å². The third-order valence-corrected chi connectivity index (χ3v) is 1.28. The molecule has 0 aromatic heterocycles. The molecule has 0 bridgehead atoms. The fraction of sp³-hybridized carbons (Fsp3) is 0. The smallest absolute Gasteiger partial charge is 0.462 e. The minimum absolute atomic E-state index is 0. The van der Waals surface area contributed by atoms with E-state index < -0.39 is 0 Å². The van der Waals surface area contributed by atoms with Crippen molar-refractivity contribution in [2.24, 2.45) is 0 Å². The molecule has 0 nitrogen and oxygen atoms in total. The van der Waals surface area contributed by atoms with Gasteiger partial charge < -0.3 is 14.3 Å². The van der Waals surface area contributed by atoms with E-state index >= 15 is 0 Å². The van der Waals surface area contributed by atoms with Crippen molar-refractivity contribution in [3.05, 3.63) is 0 Å². The minimum Gasteiger partial charge on any atom is -0.462 e. The SMILES string of the molecule is P=[C-][Si]Cl.[Li+]. The van der Waals surface area contributed by atoms with Crippen molar-refractivity contribution in [1.29, 1.82) is 0 Å². The van der Waals surface area contributed by atoms with E-state index in [1.165, 1.54) is 0 Å². The van der Waals surface area contributed by atoms with Crippen LogP contribution in [0.25, 0.3) is 0 Å². The van der Waals surface area contributed by atoms with Crippen molar-refractivity contribution in [2.75, 3.05) is 0 Å². The zero-order chi connectivity index (χ0) is 3.41. The van der Waals surface area contributed by atoms with Crippen LogP contribution in [0.3, 0.4) is 0 Å². The van der Waals surface area contributed by atoms with E-state index in [9.17, 15) is 0 Å². The van der Waals surface area contributed by atoms with Gasteiger partial charge in [-0.2, -0.15) is 0 Å². The van der Waals surface area contributed by atoms with Crippen LogP contribution in [-0.2, 0) is 0 Å². The van der Waals surface area contributed by atoms with E-state index in [1.54, 1.807) is 0 Å². The molecular formula is CHClLiPSi. The topological polar surface area (TPSA) is 0 Å². The van der Waals surface area contributed by atoms with Gasteiger partial charge in [0.1, 0.15) is 0 Å². The van der Waals surface area contributed by atoms with E-state index in [2.05, 4.69) is 14.3 Å². The van der Waals surface area contributed by atoms with Gasteiger partial charge in [0.15, 0.2) is 0 Å². The molecule has 0 aromatic rings. The van der Waals surface area contributed by atoms with Gasteiger partial charge in [-0.15, -0.1) is 0 Å². The second-order valence-corrected chi connectivity index (χ2v) is 1.98. The summed E-state index contributed by atoms with van der Waals surface area (Å²) in [5.74, 6) is 0. The van der Waals surface area contributed by atoms with Crippen LogP contribution in [0.2, 0.25) is 0 Å². The first-order valence-electron chi connectivity index (χ1n) is 0.689. The average molecular weight is 114 g/mol. The Balaban J connectivity index is 0. The summed E-state index contributed by atoms with van der Waals surface area (Å²) in [4.78, 5) is 0. The molecule has 0 unspecified atom stereocenters. The minimum atomic E-state index is 0. The van der Waals surface area contributed by atoms with Crippen LogP contribution < -0.4 is 18.9 Å². The van der Waals surface area contributed by atoms with Crippen LogP contribution in [0.1, 0.15) is 0 Å². The first-order valence-corrected chi connectivity index (χ1v) is 3.20. The van der Waals surface area contributed by atoms with Crippen molar-refractivity contribution >= 4 is 34.2 Å². The number of rotatable bonds is 1. The Bertz CT molecular complexity index is 25.6. The molecule has 0 atom stereocenters. The maximum Gasteiger partial charge on any atom is 1.00 e. The Morgan fingerprint density at radius 3 is 2.00 bits per heavy atom. The van der Waals surface area contributed by atoms with Gasteiger partial charge in [-0.05, 0) is 8.83 Å². The predicted molar refractivity (Wildman–Crippen MR) is 24.9 cm³/mol. The van der Waals surface area contributed by atoms with Gasteiger partial charge in [0, 0.05) is 0 Å². The van der Waals surface area contributed by atoms with E-state index in [-0.39, 0.29) is 27.7 Å². The summed E-state index contributed by atoms with van der Waals surface area (Å²) in [7, 11) is 3.19. The zero-order valence-corrected chi connectivity index (χ0v) is 5.63. The van der Waals surface area contributed by atoms with Crippen molar-refractivity contribution in [3.63, 3.8) is 0 Å². The van der Waals surface area contributed by atoms with Crippen LogP contribution in [-0.4, -0.2) is 14.2 Å². The van der Waals surface area contributed by atoms with E-state index in [4.69, 9.17) is 11.1 Å². The molecule has 22 valence electrons. The van der Waals surface area contributed by atoms with Crippen molar-refractivity contribution in [1.82, 2.24) is 0 Å². The second kappa shape index (κ2) is 8.99. The summed E-state index contributed by atoms with van der Waals surface area (Å²) in [5, 5.41) is 0. The molecule has 0 amide bonds. The Labute approximate surface area is 53.2 Å². The summed E-state index contributed by atoms with van der Waals surface area (Å²) >= 11 is 5.05. The van der Waals surface area contributed by atoms with Gasteiger partial charge in [0.2, 0.25) is 0 Å². The molecule has 0 heterocycles. The summed E-state index contributed by atoms with van der Waals surface area (Å²) in [6.07, 6.45) is 0. The van der Waals surface area contributed by atoms with Crippen molar-refractivity contribution in [3.8, 4) is 0 Å². The Kier molecular flexibility index (Phi) is 17.2. The average Bonchev–Trinajstić information content (AvgIpc) is 1.37. The molecule has 0 aliphatic carbocycles. The molecule has 5 heavy (non-hydrogen) atoms. The number of halogens is 1. The summed E-state index contributed by atoms with van der Waals surface area (Å²) in [6, 6.07) is 0. The summed E-state index contributed by atoms with van der Waals surface area (Å²) < 4.78 is 0. The molecule has 2 radical (unpaired) electrons. The first kappa shape index (κ1) is 9.55. The molecule has 0 N–H and O–H groups in total. The number of hydrogen-bond donors (Lipinski definition) is 0. The molecule has 0 fully saturated rings. The van der Waals surface area contributed by atoms with Gasteiger partial charge in [0.25, 0.3) is 0 Å². The first-order chi connectivity index (χ1) is 1.91. The maximum absolute atomic E-state index is 5.05. The van der Waals surface area contributed by atoms with Gasteiger partial charge in [-0.25, -0.2) is 11.1 Å². The second-order valence-electron chi connectivity index (χ2n) is 0.219. The van der Waals surface area contributed by atoms with Crippen LogP contribution in [0.4, 0.5) is 0 Å². The normalized spacial score (nSPS) is 5.00. The molecule has 0 saturated heterocycles. The fourth-order valence-corrected chi connectivity index (χ4v) is 0. The van der Waals surface area contributed by atoms with Gasteiger partial charge in [-0.1, -0.05) is 0 Å². The molecule has 0 spiro atoms. The molecule has 0 aromatic carbocycles. The standard InChI is InChI=1S/CHClPSi.Li/c2-4-1-3;/h3H;/q-1;+1. The quantitative estimate of drug-likeness (QED) is 0.155. The Hall–Kier alpha value is 1.27. The largest absolute Gasteiger partial charge is 1.00 e. The van der Waals surface area contributed by atoms with Gasteiger partial charge in [-0.3, -0.25) is 0 Å². The van der Waals surface area contributed by atoms with E-state index in [1.807, 2.05) is 0 Å². The molecule has 0 aliphatic rings. The van der Waals surface area contributed by atoms with Crippen molar-refractivity contribution in [2.45, 2.75) is 0 Å². The third kappa shape index (κ3) is 10.9. The molecule has 0 rings (SSSR count). The van der Waals surface area contributed by atoms with Crippen LogP contribution in [0.15, 0.2) is 0 Å². The molecule has 4 heteroatoms. The molecular weight excluding hydrogens is 113 g/mol. The summed E-state index contributed by atoms with van der Waals surface area (Å²) in [5.41, 5.74) is 2.53. The van der Waals surface area contributed by atoms with Crippen LogP contribution in [0, 0.1) is 0 Å². The summed E-state index contributed by atoms with van der Waals surface area (Å²) in [6.45, 7) is 0. The van der Waals surface area contributed by atoms with Crippen LogP contribution >= 0.6 is 19.9 Å².